The van der Waals surface area contributed by atoms with E-state index in [-0.39, 0.29) is 0 Å². The molecule has 1 aromatic heterocycles. The molecular formula is C4H3ClNS. The van der Waals surface area contributed by atoms with E-state index in [1.807, 2.05) is 6.92 Å². The van der Waals surface area contributed by atoms with Crippen LogP contribution in [-0.4, -0.2) is 4.98 Å². The first kappa shape index (κ1) is 5.06. The van der Waals surface area contributed by atoms with Gasteiger partial charge in [-0.25, -0.2) is 4.98 Å². The average molecular weight is 133 g/mol. The molecule has 0 spiro atoms. The quantitative estimate of drug-likeness (QED) is 0.526. The van der Waals surface area contributed by atoms with Gasteiger partial charge in [-0.2, -0.15) is 0 Å². The van der Waals surface area contributed by atoms with E-state index in [0.717, 1.165) is 5.69 Å². The number of hydrogen-bond acceptors (Lipinski definition) is 2. The predicted molar refractivity (Wildman–Crippen MR) is 30.7 cm³/mol. The van der Waals surface area contributed by atoms with Crippen LogP contribution in [0.25, 0.3) is 0 Å². The van der Waals surface area contributed by atoms with Gasteiger partial charge < -0.3 is 0 Å². The van der Waals surface area contributed by atoms with Gasteiger partial charge >= 0.3 is 0 Å². The first-order valence-electron chi connectivity index (χ1n) is 1.79. The monoisotopic (exact) mass is 132 g/mol. The molecule has 7 heavy (non-hydrogen) atoms. The fourth-order valence-electron chi connectivity index (χ4n) is 0.293. The second-order valence-corrected chi connectivity index (χ2v) is 2.53. The van der Waals surface area contributed by atoms with E-state index in [4.69, 9.17) is 11.6 Å². The Kier molecular flexibility index (Phi) is 1.30. The molecule has 1 nitrogen and oxygen atoms in total. The third kappa shape index (κ3) is 1.14. The van der Waals surface area contributed by atoms with E-state index in [1.165, 1.54) is 11.3 Å². The maximum absolute atomic E-state index is 5.44. The number of aromatic nitrogens is 1. The maximum atomic E-state index is 5.44. The van der Waals surface area contributed by atoms with Gasteiger partial charge in [0.2, 0.25) is 0 Å². The molecule has 0 atom stereocenters. The van der Waals surface area contributed by atoms with Gasteiger partial charge in [-0.05, 0) is 6.92 Å². The topological polar surface area (TPSA) is 12.9 Å². The summed E-state index contributed by atoms with van der Waals surface area (Å²) in [7, 11) is 0. The van der Waals surface area contributed by atoms with Gasteiger partial charge in [-0.3, -0.25) is 0 Å². The Labute approximate surface area is 51.0 Å². The van der Waals surface area contributed by atoms with E-state index >= 15 is 0 Å². The molecule has 0 aliphatic heterocycles. The molecule has 1 heterocycles. The Morgan fingerprint density at radius 1 is 1.86 bits per heavy atom. The zero-order valence-corrected chi connectivity index (χ0v) is 5.31. The Morgan fingerprint density at radius 2 is 2.57 bits per heavy atom. The van der Waals surface area contributed by atoms with Crippen molar-refractivity contribution in [3.8, 4) is 0 Å². The van der Waals surface area contributed by atoms with Crippen molar-refractivity contribution >= 4 is 22.9 Å². The molecule has 0 amide bonds. The van der Waals surface area contributed by atoms with Crippen LogP contribution in [0.2, 0.25) is 4.47 Å². The van der Waals surface area contributed by atoms with Crippen molar-refractivity contribution < 1.29 is 0 Å². The number of halogens is 1. The Bertz CT molecular complexity index is 144. The molecule has 0 N–H and O–H groups in total. The summed E-state index contributed by atoms with van der Waals surface area (Å²) in [4.78, 5) is 3.84. The number of rotatable bonds is 0. The lowest BCUT2D eigenvalue weighted by molar-refractivity contribution is 1.26. The molecule has 3 heteroatoms. The molecule has 0 saturated carbocycles. The van der Waals surface area contributed by atoms with Crippen molar-refractivity contribution in [1.29, 1.82) is 0 Å². The van der Waals surface area contributed by atoms with Crippen LogP contribution in [0.15, 0.2) is 0 Å². The van der Waals surface area contributed by atoms with Gasteiger partial charge in [-0.1, -0.05) is 11.6 Å². The largest absolute Gasteiger partial charge is 0.230 e. The number of aryl methyl sites for hydroxylation is 1. The number of thiazole rings is 1. The number of hydrogen-bond donors (Lipinski definition) is 0. The molecule has 0 saturated heterocycles. The van der Waals surface area contributed by atoms with Crippen molar-refractivity contribution in [2.75, 3.05) is 0 Å². The van der Waals surface area contributed by atoms with Crippen LogP contribution in [0.4, 0.5) is 0 Å². The van der Waals surface area contributed by atoms with Crippen LogP contribution in [0.5, 0.6) is 0 Å². The van der Waals surface area contributed by atoms with Gasteiger partial charge in [0.05, 0.1) is 11.1 Å². The van der Waals surface area contributed by atoms with E-state index < -0.39 is 0 Å². The second kappa shape index (κ2) is 1.80. The van der Waals surface area contributed by atoms with Gasteiger partial charge in [0, 0.05) is 0 Å². The highest BCUT2D eigenvalue weighted by atomic mass is 35.5. The van der Waals surface area contributed by atoms with Crippen molar-refractivity contribution in [1.82, 2.24) is 4.98 Å². The summed E-state index contributed by atoms with van der Waals surface area (Å²) in [6.45, 7) is 1.86. The summed E-state index contributed by atoms with van der Waals surface area (Å²) < 4.78 is 0.567. The highest BCUT2D eigenvalue weighted by molar-refractivity contribution is 7.13. The van der Waals surface area contributed by atoms with Crippen LogP contribution in [-0.2, 0) is 0 Å². The zero-order chi connectivity index (χ0) is 5.28. The SMILES string of the molecule is Cc1[c]sc(Cl)n1. The fraction of sp³-hybridized carbons (Fsp3) is 0.250. The predicted octanol–water partition coefficient (Wildman–Crippen LogP) is 1.91. The summed E-state index contributed by atoms with van der Waals surface area (Å²) >= 11 is 6.77. The van der Waals surface area contributed by atoms with E-state index in [0.29, 0.717) is 4.47 Å². The Hall–Kier alpha value is -0.0800. The summed E-state index contributed by atoms with van der Waals surface area (Å²) in [5.41, 5.74) is 0.870. The van der Waals surface area contributed by atoms with Gasteiger partial charge in [0.15, 0.2) is 4.47 Å². The molecule has 0 fully saturated rings. The van der Waals surface area contributed by atoms with Crippen LogP contribution in [0.3, 0.4) is 0 Å². The first-order chi connectivity index (χ1) is 3.29. The van der Waals surface area contributed by atoms with E-state index in [1.54, 1.807) is 0 Å². The lowest BCUT2D eigenvalue weighted by Crippen LogP contribution is -1.63. The number of nitrogens with zero attached hydrogens (tertiary/aromatic N) is 1. The van der Waals surface area contributed by atoms with Crippen molar-refractivity contribution in [2.45, 2.75) is 6.92 Å². The highest BCUT2D eigenvalue weighted by Crippen LogP contribution is 2.12. The summed E-state index contributed by atoms with van der Waals surface area (Å²) in [5, 5.41) is 2.87. The van der Waals surface area contributed by atoms with Gasteiger partial charge in [0.25, 0.3) is 0 Å². The smallest absolute Gasteiger partial charge is 0.184 e. The highest BCUT2D eigenvalue weighted by Gasteiger charge is 1.89. The van der Waals surface area contributed by atoms with E-state index in [2.05, 4.69) is 10.4 Å². The minimum absolute atomic E-state index is 0.567. The lowest BCUT2D eigenvalue weighted by Gasteiger charge is -1.68. The maximum Gasteiger partial charge on any atom is 0.184 e. The summed E-state index contributed by atoms with van der Waals surface area (Å²) in [5.74, 6) is 0. The van der Waals surface area contributed by atoms with Crippen LogP contribution in [0, 0.1) is 12.3 Å². The van der Waals surface area contributed by atoms with E-state index in [9.17, 15) is 0 Å². The summed E-state index contributed by atoms with van der Waals surface area (Å²) in [6, 6.07) is 0. The summed E-state index contributed by atoms with van der Waals surface area (Å²) in [6.07, 6.45) is 0. The third-order valence-corrected chi connectivity index (χ3v) is 1.51. The van der Waals surface area contributed by atoms with Crippen molar-refractivity contribution in [3.63, 3.8) is 0 Å². The van der Waals surface area contributed by atoms with Crippen LogP contribution < -0.4 is 0 Å². The molecule has 1 radical (unpaired) electrons. The Morgan fingerprint density at radius 3 is 2.71 bits per heavy atom. The molecule has 1 rings (SSSR count). The molecular weight excluding hydrogens is 130 g/mol. The molecule has 0 aliphatic rings. The lowest BCUT2D eigenvalue weighted by atomic mass is 10.6. The normalized spacial score (nSPS) is 9.43. The molecule has 0 aliphatic carbocycles. The minimum atomic E-state index is 0.567. The van der Waals surface area contributed by atoms with Crippen LogP contribution >= 0.6 is 22.9 Å². The molecule has 0 bridgehead atoms. The third-order valence-electron chi connectivity index (χ3n) is 0.539. The van der Waals surface area contributed by atoms with Crippen LogP contribution in [0.1, 0.15) is 5.69 Å². The average Bonchev–Trinajstić information content (AvgIpc) is 1.87. The zero-order valence-electron chi connectivity index (χ0n) is 3.73. The molecule has 1 aromatic rings. The minimum Gasteiger partial charge on any atom is -0.230 e. The van der Waals surface area contributed by atoms with Crippen molar-refractivity contribution in [2.24, 2.45) is 0 Å². The van der Waals surface area contributed by atoms with Gasteiger partial charge in [-0.15, -0.1) is 11.3 Å². The fourth-order valence-corrected chi connectivity index (χ4v) is 0.996. The standard InChI is InChI=1S/C4H3ClNS/c1-3-2-7-4(5)6-3/h1H3. The van der Waals surface area contributed by atoms with Gasteiger partial charge in [0.1, 0.15) is 0 Å². The first-order valence-corrected chi connectivity index (χ1v) is 2.99. The Balaban J connectivity index is 3.04. The molecule has 0 aromatic carbocycles. The molecule has 0 unspecified atom stereocenters. The second-order valence-electron chi connectivity index (χ2n) is 1.15. The molecule has 37 valence electrons. The van der Waals surface area contributed by atoms with Crippen molar-refractivity contribution in [3.05, 3.63) is 15.5 Å².